The maximum absolute atomic E-state index is 11.6. The molecule has 0 saturated carbocycles. The number of esters is 1. The lowest BCUT2D eigenvalue weighted by Crippen LogP contribution is -2.23. The van der Waals surface area contributed by atoms with Gasteiger partial charge in [-0.2, -0.15) is 0 Å². The Kier molecular flexibility index (Phi) is 4.00. The quantitative estimate of drug-likeness (QED) is 0.808. The fraction of sp³-hybridized carbons (Fsp3) is 0.417. The van der Waals surface area contributed by atoms with Gasteiger partial charge in [-0.05, 0) is 12.5 Å². The number of halogens is 2. The molecule has 0 aromatic heterocycles. The largest absolute Gasteiger partial charge is 0.493 e. The molecule has 2 unspecified atom stereocenters. The predicted molar refractivity (Wildman–Crippen MR) is 67.0 cm³/mol. The third-order valence-corrected chi connectivity index (χ3v) is 3.66. The molecule has 0 bridgehead atoms. The van der Waals surface area contributed by atoms with Gasteiger partial charge in [0.15, 0.2) is 0 Å². The highest BCUT2D eigenvalue weighted by Crippen LogP contribution is 2.39. The highest BCUT2D eigenvalue weighted by Gasteiger charge is 2.33. The van der Waals surface area contributed by atoms with Gasteiger partial charge in [-0.3, -0.25) is 4.79 Å². The summed E-state index contributed by atoms with van der Waals surface area (Å²) in [6.07, 6.45) is -0.637. The van der Waals surface area contributed by atoms with Gasteiger partial charge in [0.05, 0.1) is 35.8 Å². The van der Waals surface area contributed by atoms with E-state index in [1.165, 1.54) is 13.2 Å². The molecule has 2 rings (SSSR count). The van der Waals surface area contributed by atoms with E-state index in [0.29, 0.717) is 34.4 Å². The van der Waals surface area contributed by atoms with Gasteiger partial charge < -0.3 is 14.6 Å². The Morgan fingerprint density at radius 3 is 2.78 bits per heavy atom. The number of hydrogen-bond donors (Lipinski definition) is 1. The third kappa shape index (κ3) is 2.41. The lowest BCUT2D eigenvalue weighted by molar-refractivity contribution is -0.150. The van der Waals surface area contributed by atoms with Crippen LogP contribution in [0.2, 0.25) is 10.0 Å². The molecule has 6 heteroatoms. The van der Waals surface area contributed by atoms with Crippen LogP contribution in [0.5, 0.6) is 5.75 Å². The number of rotatable bonds is 1. The zero-order chi connectivity index (χ0) is 13.3. The Hall–Kier alpha value is -0.970. The third-order valence-electron chi connectivity index (χ3n) is 2.94. The first-order valence-corrected chi connectivity index (χ1v) is 6.18. The summed E-state index contributed by atoms with van der Waals surface area (Å²) in [6.45, 7) is 0.307. The van der Waals surface area contributed by atoms with Gasteiger partial charge in [-0.1, -0.05) is 23.2 Å². The van der Waals surface area contributed by atoms with Gasteiger partial charge in [-0.25, -0.2) is 0 Å². The van der Waals surface area contributed by atoms with Crippen molar-refractivity contribution in [1.29, 1.82) is 0 Å². The van der Waals surface area contributed by atoms with Crippen molar-refractivity contribution in [3.8, 4) is 5.75 Å². The average Bonchev–Trinajstić information content (AvgIpc) is 2.50. The summed E-state index contributed by atoms with van der Waals surface area (Å²) >= 11 is 11.8. The van der Waals surface area contributed by atoms with Gasteiger partial charge >= 0.3 is 5.97 Å². The van der Waals surface area contributed by atoms with Crippen LogP contribution in [0, 0.1) is 5.92 Å². The summed E-state index contributed by atoms with van der Waals surface area (Å²) in [5.74, 6) is -0.679. The van der Waals surface area contributed by atoms with Gasteiger partial charge in [0, 0.05) is 11.6 Å². The normalized spacial score (nSPS) is 22.7. The molecule has 98 valence electrons. The topological polar surface area (TPSA) is 55.8 Å². The lowest BCUT2D eigenvalue weighted by Gasteiger charge is -2.18. The summed E-state index contributed by atoms with van der Waals surface area (Å²) in [6, 6.07) is 3.06. The van der Waals surface area contributed by atoms with Crippen molar-refractivity contribution < 1.29 is 19.4 Å². The Labute approximate surface area is 114 Å². The van der Waals surface area contributed by atoms with Gasteiger partial charge in [0.1, 0.15) is 5.75 Å². The highest BCUT2D eigenvalue weighted by atomic mass is 35.5. The first kappa shape index (κ1) is 13.5. The van der Waals surface area contributed by atoms with E-state index >= 15 is 0 Å². The monoisotopic (exact) mass is 290 g/mol. The number of methoxy groups -OCH3 is 1. The Balaban J connectivity index is 2.42. The van der Waals surface area contributed by atoms with Crippen LogP contribution in [0.4, 0.5) is 0 Å². The van der Waals surface area contributed by atoms with E-state index in [2.05, 4.69) is 4.74 Å². The van der Waals surface area contributed by atoms with Crippen LogP contribution in [0.15, 0.2) is 12.1 Å². The summed E-state index contributed by atoms with van der Waals surface area (Å²) in [5.41, 5.74) is 0.456. The molecule has 1 heterocycles. The van der Waals surface area contributed by atoms with E-state index < -0.39 is 18.0 Å². The minimum Gasteiger partial charge on any atom is -0.493 e. The lowest BCUT2D eigenvalue weighted by atomic mass is 9.93. The minimum absolute atomic E-state index is 0.307. The van der Waals surface area contributed by atoms with E-state index in [0.717, 1.165) is 0 Å². The molecule has 1 aliphatic heterocycles. The van der Waals surface area contributed by atoms with Crippen molar-refractivity contribution in [2.75, 3.05) is 13.7 Å². The predicted octanol–water partition coefficient (Wildman–Crippen LogP) is 2.60. The summed E-state index contributed by atoms with van der Waals surface area (Å²) in [4.78, 5) is 11.6. The molecule has 0 spiro atoms. The Bertz CT molecular complexity index is 475. The standard InChI is InChI=1S/C12H12Cl2O4/c1-17-12(16)6-2-3-18-10-5-9(14)8(13)4-7(10)11(6)15/h4-6,11,15H,2-3H2,1H3. The number of aliphatic hydroxyl groups excluding tert-OH is 1. The fourth-order valence-electron chi connectivity index (χ4n) is 1.97. The van der Waals surface area contributed by atoms with E-state index in [-0.39, 0.29) is 0 Å². The zero-order valence-corrected chi connectivity index (χ0v) is 11.2. The second-order valence-electron chi connectivity index (χ2n) is 4.02. The van der Waals surface area contributed by atoms with Crippen molar-refractivity contribution in [3.05, 3.63) is 27.7 Å². The number of carbonyl (C=O) groups excluding carboxylic acids is 1. The fourth-order valence-corrected chi connectivity index (χ4v) is 2.29. The number of hydrogen-bond acceptors (Lipinski definition) is 4. The van der Waals surface area contributed by atoms with Crippen molar-refractivity contribution in [2.24, 2.45) is 5.92 Å². The number of ether oxygens (including phenoxy) is 2. The van der Waals surface area contributed by atoms with E-state index in [4.69, 9.17) is 27.9 Å². The molecule has 0 radical (unpaired) electrons. The van der Waals surface area contributed by atoms with Crippen molar-refractivity contribution in [1.82, 2.24) is 0 Å². The molecular weight excluding hydrogens is 279 g/mol. The van der Waals surface area contributed by atoms with Crippen molar-refractivity contribution in [2.45, 2.75) is 12.5 Å². The van der Waals surface area contributed by atoms with Crippen LogP contribution >= 0.6 is 23.2 Å². The van der Waals surface area contributed by atoms with Gasteiger partial charge in [-0.15, -0.1) is 0 Å². The van der Waals surface area contributed by atoms with Crippen LogP contribution < -0.4 is 4.74 Å². The maximum Gasteiger partial charge on any atom is 0.311 e. The van der Waals surface area contributed by atoms with Crippen LogP contribution in [0.1, 0.15) is 18.1 Å². The summed E-state index contributed by atoms with van der Waals surface area (Å²) in [5, 5.41) is 10.9. The molecule has 1 aromatic carbocycles. The molecule has 1 aliphatic rings. The molecule has 1 N–H and O–H groups in total. The van der Waals surface area contributed by atoms with E-state index in [9.17, 15) is 9.90 Å². The zero-order valence-electron chi connectivity index (χ0n) is 9.65. The molecule has 0 fully saturated rings. The molecule has 4 nitrogen and oxygen atoms in total. The maximum atomic E-state index is 11.6. The summed E-state index contributed by atoms with van der Waals surface area (Å²) < 4.78 is 10.1. The second-order valence-corrected chi connectivity index (χ2v) is 4.83. The van der Waals surface area contributed by atoms with Crippen molar-refractivity contribution in [3.63, 3.8) is 0 Å². The molecule has 2 atom stereocenters. The van der Waals surface area contributed by atoms with E-state index in [1.54, 1.807) is 6.07 Å². The first-order chi connectivity index (χ1) is 8.54. The number of benzene rings is 1. The molecule has 0 amide bonds. The first-order valence-electron chi connectivity index (χ1n) is 5.42. The summed E-state index contributed by atoms with van der Waals surface area (Å²) in [7, 11) is 1.29. The molecule has 0 aliphatic carbocycles. The minimum atomic E-state index is -1.01. The highest BCUT2D eigenvalue weighted by molar-refractivity contribution is 6.42. The van der Waals surface area contributed by atoms with Gasteiger partial charge in [0.2, 0.25) is 0 Å². The molecule has 0 saturated heterocycles. The smallest absolute Gasteiger partial charge is 0.311 e. The second kappa shape index (κ2) is 5.34. The van der Waals surface area contributed by atoms with Crippen LogP contribution in [0.3, 0.4) is 0 Å². The van der Waals surface area contributed by atoms with E-state index in [1.807, 2.05) is 0 Å². The SMILES string of the molecule is COC(=O)C1CCOc2cc(Cl)c(Cl)cc2C1O. The number of fused-ring (bicyclic) bond motifs is 1. The average molecular weight is 291 g/mol. The van der Waals surface area contributed by atoms with Gasteiger partial charge in [0.25, 0.3) is 0 Å². The molecular formula is C12H12Cl2O4. The Morgan fingerprint density at radius 2 is 2.11 bits per heavy atom. The number of carbonyl (C=O) groups is 1. The Morgan fingerprint density at radius 1 is 1.44 bits per heavy atom. The van der Waals surface area contributed by atoms with Crippen LogP contribution in [-0.4, -0.2) is 24.8 Å². The van der Waals surface area contributed by atoms with Crippen molar-refractivity contribution >= 4 is 29.2 Å². The van der Waals surface area contributed by atoms with Crippen LogP contribution in [0.25, 0.3) is 0 Å². The molecule has 18 heavy (non-hydrogen) atoms. The number of aliphatic hydroxyl groups is 1. The molecule has 1 aromatic rings. The van der Waals surface area contributed by atoms with Crippen LogP contribution in [-0.2, 0) is 9.53 Å².